The van der Waals surface area contributed by atoms with Gasteiger partial charge in [-0.3, -0.25) is 4.79 Å². The van der Waals surface area contributed by atoms with Gasteiger partial charge in [0.1, 0.15) is 5.75 Å². The van der Waals surface area contributed by atoms with Crippen LogP contribution >= 0.6 is 27.7 Å². The lowest BCUT2D eigenvalue weighted by Crippen LogP contribution is -2.20. The van der Waals surface area contributed by atoms with Crippen LogP contribution in [0.2, 0.25) is 0 Å². The number of ether oxygens (including phenoxy) is 1. The third kappa shape index (κ3) is 5.68. The van der Waals surface area contributed by atoms with Crippen molar-refractivity contribution in [2.24, 2.45) is 5.10 Å². The van der Waals surface area contributed by atoms with E-state index in [2.05, 4.69) is 36.7 Å². The Hall–Kier alpha value is -2.65. The van der Waals surface area contributed by atoms with Crippen molar-refractivity contribution in [3.05, 3.63) is 58.6 Å². The molecule has 3 rings (SSSR count). The van der Waals surface area contributed by atoms with Crippen LogP contribution in [0.15, 0.2) is 63.3 Å². The number of hydrazone groups is 1. The average molecular weight is 474 g/mol. The van der Waals surface area contributed by atoms with E-state index in [1.165, 1.54) is 11.8 Å². The zero-order valence-electron chi connectivity index (χ0n) is 16.0. The topological polar surface area (TPSA) is 81.4 Å². The highest BCUT2D eigenvalue weighted by Crippen LogP contribution is 2.25. The van der Waals surface area contributed by atoms with Crippen LogP contribution in [-0.2, 0) is 11.3 Å². The molecule has 1 heterocycles. The molecule has 9 heteroatoms. The predicted molar refractivity (Wildman–Crippen MR) is 118 cm³/mol. The molecule has 150 valence electrons. The predicted octanol–water partition coefficient (Wildman–Crippen LogP) is 3.98. The van der Waals surface area contributed by atoms with E-state index in [0.29, 0.717) is 11.7 Å². The number of hydrogen-bond acceptors (Lipinski definition) is 6. The van der Waals surface area contributed by atoms with E-state index in [-0.39, 0.29) is 11.7 Å². The Labute approximate surface area is 181 Å². The molecule has 0 radical (unpaired) electrons. The number of nitrogens with zero attached hydrogens (tertiary/aromatic N) is 4. The maximum absolute atomic E-state index is 12.1. The van der Waals surface area contributed by atoms with Crippen LogP contribution in [0.3, 0.4) is 0 Å². The first-order valence-electron chi connectivity index (χ1n) is 8.88. The van der Waals surface area contributed by atoms with Crippen molar-refractivity contribution < 1.29 is 9.53 Å². The molecular formula is C20H20BrN5O2S. The van der Waals surface area contributed by atoms with Crippen LogP contribution in [0.1, 0.15) is 12.5 Å². The van der Waals surface area contributed by atoms with Gasteiger partial charge < -0.3 is 9.30 Å². The van der Waals surface area contributed by atoms with Crippen LogP contribution in [0, 0.1) is 0 Å². The van der Waals surface area contributed by atoms with Gasteiger partial charge in [-0.1, -0.05) is 39.8 Å². The van der Waals surface area contributed by atoms with Crippen LogP contribution < -0.4 is 10.2 Å². The minimum Gasteiger partial charge on any atom is -0.497 e. The number of amides is 1. The van der Waals surface area contributed by atoms with Gasteiger partial charge in [0.05, 0.1) is 19.1 Å². The lowest BCUT2D eigenvalue weighted by atomic mass is 10.2. The molecule has 0 saturated heterocycles. The molecule has 7 nitrogen and oxygen atoms in total. The first-order chi connectivity index (χ1) is 14.1. The van der Waals surface area contributed by atoms with Gasteiger partial charge in [0, 0.05) is 16.6 Å². The number of thioether (sulfide) groups is 1. The molecule has 3 aromatic rings. The van der Waals surface area contributed by atoms with Gasteiger partial charge in [-0.05, 0) is 48.9 Å². The normalized spacial score (nSPS) is 11.0. The van der Waals surface area contributed by atoms with Gasteiger partial charge in [0.15, 0.2) is 11.0 Å². The molecule has 1 N–H and O–H groups in total. The molecule has 0 atom stereocenters. The Bertz CT molecular complexity index is 987. The van der Waals surface area contributed by atoms with E-state index in [0.717, 1.165) is 27.2 Å². The first-order valence-corrected chi connectivity index (χ1v) is 10.7. The Balaban J connectivity index is 1.59. The van der Waals surface area contributed by atoms with Gasteiger partial charge >= 0.3 is 0 Å². The van der Waals surface area contributed by atoms with Crippen molar-refractivity contribution in [1.82, 2.24) is 20.2 Å². The van der Waals surface area contributed by atoms with Gasteiger partial charge in [-0.15, -0.1) is 10.2 Å². The average Bonchev–Trinajstić information content (AvgIpc) is 3.16. The van der Waals surface area contributed by atoms with Gasteiger partial charge in [0.25, 0.3) is 5.91 Å². The maximum atomic E-state index is 12.1. The quantitative estimate of drug-likeness (QED) is 0.304. The summed E-state index contributed by atoms with van der Waals surface area (Å²) in [5, 5.41) is 13.2. The Morgan fingerprint density at radius 2 is 1.93 bits per heavy atom. The summed E-state index contributed by atoms with van der Waals surface area (Å²) in [6.07, 6.45) is 1.60. The summed E-state index contributed by atoms with van der Waals surface area (Å²) >= 11 is 4.70. The van der Waals surface area contributed by atoms with E-state index < -0.39 is 0 Å². The Morgan fingerprint density at radius 3 is 2.59 bits per heavy atom. The largest absolute Gasteiger partial charge is 0.497 e. The lowest BCUT2D eigenvalue weighted by molar-refractivity contribution is -0.118. The van der Waals surface area contributed by atoms with Gasteiger partial charge in [-0.25, -0.2) is 5.43 Å². The van der Waals surface area contributed by atoms with E-state index in [9.17, 15) is 4.79 Å². The first kappa shape index (κ1) is 21.1. The van der Waals surface area contributed by atoms with Crippen molar-refractivity contribution in [2.75, 3.05) is 12.9 Å². The minimum absolute atomic E-state index is 0.193. The third-order valence-electron chi connectivity index (χ3n) is 3.99. The molecule has 0 aliphatic heterocycles. The molecule has 1 amide bonds. The van der Waals surface area contributed by atoms with Crippen molar-refractivity contribution >= 4 is 39.8 Å². The molecular weight excluding hydrogens is 454 g/mol. The fourth-order valence-corrected chi connectivity index (χ4v) is 3.58. The highest BCUT2D eigenvalue weighted by Gasteiger charge is 2.14. The molecule has 0 aliphatic carbocycles. The zero-order chi connectivity index (χ0) is 20.6. The number of aromatic nitrogens is 3. The number of rotatable bonds is 8. The molecule has 29 heavy (non-hydrogen) atoms. The van der Waals surface area contributed by atoms with Crippen LogP contribution in [-0.4, -0.2) is 39.7 Å². The summed E-state index contributed by atoms with van der Waals surface area (Å²) < 4.78 is 8.16. The number of methoxy groups -OCH3 is 1. The number of hydrogen-bond donors (Lipinski definition) is 1. The molecule has 0 spiro atoms. The van der Waals surface area contributed by atoms with Crippen molar-refractivity contribution in [3.8, 4) is 17.1 Å². The van der Waals surface area contributed by atoms with E-state index in [1.54, 1.807) is 13.3 Å². The van der Waals surface area contributed by atoms with Crippen molar-refractivity contribution in [3.63, 3.8) is 0 Å². The molecule has 1 aromatic heterocycles. The molecule has 0 aliphatic rings. The van der Waals surface area contributed by atoms with Crippen molar-refractivity contribution in [2.45, 2.75) is 18.6 Å². The molecule has 0 bridgehead atoms. The second kappa shape index (κ2) is 10.2. The number of nitrogens with one attached hydrogen (secondary N) is 1. The van der Waals surface area contributed by atoms with E-state index in [4.69, 9.17) is 4.74 Å². The minimum atomic E-state index is -0.208. The van der Waals surface area contributed by atoms with E-state index in [1.807, 2.05) is 60.0 Å². The third-order valence-corrected chi connectivity index (χ3v) is 5.48. The van der Waals surface area contributed by atoms with Crippen LogP contribution in [0.25, 0.3) is 11.4 Å². The number of carbonyl (C=O) groups is 1. The fourth-order valence-electron chi connectivity index (χ4n) is 2.52. The standard InChI is InChI=1S/C20H20BrN5O2S/c1-3-26-19(15-6-10-17(28-2)11-7-15)24-25-20(26)29-13-18(27)23-22-12-14-4-8-16(21)9-5-14/h4-12H,3,13H2,1-2H3,(H,23,27)/b22-12+. The van der Waals surface area contributed by atoms with E-state index >= 15 is 0 Å². The fraction of sp³-hybridized carbons (Fsp3) is 0.200. The van der Waals surface area contributed by atoms with Gasteiger partial charge in [0.2, 0.25) is 0 Å². The molecule has 2 aromatic carbocycles. The molecule has 0 saturated carbocycles. The summed E-state index contributed by atoms with van der Waals surface area (Å²) in [5.74, 6) is 1.52. The summed E-state index contributed by atoms with van der Waals surface area (Å²) in [4.78, 5) is 12.1. The summed E-state index contributed by atoms with van der Waals surface area (Å²) in [6, 6.07) is 15.3. The molecule has 0 fully saturated rings. The SMILES string of the molecule is CCn1c(SCC(=O)N/N=C/c2ccc(Br)cc2)nnc1-c1ccc(OC)cc1. The highest BCUT2D eigenvalue weighted by molar-refractivity contribution is 9.10. The van der Waals surface area contributed by atoms with Crippen LogP contribution in [0.5, 0.6) is 5.75 Å². The second-order valence-electron chi connectivity index (χ2n) is 5.91. The number of benzene rings is 2. The van der Waals surface area contributed by atoms with Gasteiger partial charge in [-0.2, -0.15) is 5.10 Å². The number of halogens is 1. The maximum Gasteiger partial charge on any atom is 0.250 e. The summed E-state index contributed by atoms with van der Waals surface area (Å²) in [6.45, 7) is 2.71. The Morgan fingerprint density at radius 1 is 1.21 bits per heavy atom. The summed E-state index contributed by atoms with van der Waals surface area (Å²) in [7, 11) is 1.63. The van der Waals surface area contributed by atoms with Crippen LogP contribution in [0.4, 0.5) is 0 Å². The second-order valence-corrected chi connectivity index (χ2v) is 7.77. The lowest BCUT2D eigenvalue weighted by Gasteiger charge is -2.07. The number of carbonyl (C=O) groups excluding carboxylic acids is 1. The smallest absolute Gasteiger partial charge is 0.250 e. The monoisotopic (exact) mass is 473 g/mol. The zero-order valence-corrected chi connectivity index (χ0v) is 18.4. The Kier molecular flexibility index (Phi) is 7.42. The molecule has 0 unspecified atom stereocenters. The highest BCUT2D eigenvalue weighted by atomic mass is 79.9. The summed E-state index contributed by atoms with van der Waals surface area (Å²) in [5.41, 5.74) is 4.37. The van der Waals surface area contributed by atoms with Crippen molar-refractivity contribution in [1.29, 1.82) is 0 Å².